The van der Waals surface area contributed by atoms with Gasteiger partial charge in [-0.05, 0) is 62.1 Å². The number of hydrogen-bond donors (Lipinski definition) is 2. The number of rotatable bonds is 5. The zero-order chi connectivity index (χ0) is 21.3. The summed E-state index contributed by atoms with van der Waals surface area (Å²) in [6.07, 6.45) is 0.477. The maximum atomic E-state index is 13.0. The molecular weight excluding hydrogens is 389 g/mol. The van der Waals surface area contributed by atoms with E-state index in [1.807, 2.05) is 13.0 Å². The Morgan fingerprint density at radius 1 is 1.03 bits per heavy atom. The van der Waals surface area contributed by atoms with Gasteiger partial charge in [-0.25, -0.2) is 9.97 Å². The molecule has 30 heavy (non-hydrogen) atoms. The molecule has 1 fully saturated rings. The molecule has 1 saturated carbocycles. The van der Waals surface area contributed by atoms with E-state index in [0.717, 1.165) is 28.2 Å². The van der Waals surface area contributed by atoms with Crippen LogP contribution in [-0.2, 0) is 12.7 Å². The number of nitrogens with one attached hydrogen (secondary N) is 2. The van der Waals surface area contributed by atoms with Crippen LogP contribution in [0, 0.1) is 13.8 Å². The van der Waals surface area contributed by atoms with Gasteiger partial charge in [0, 0.05) is 23.7 Å². The van der Waals surface area contributed by atoms with E-state index in [2.05, 4.69) is 33.6 Å². The van der Waals surface area contributed by atoms with Crippen molar-refractivity contribution in [2.24, 2.45) is 0 Å². The second kappa shape index (κ2) is 8.13. The standard InChI is InChI=1S/C23H25F3N4/c1-14-10-21-19(12-20(14)30-18-8-3-4-9-18)22(29-15(2)28-21)27-13-16-6-5-7-17(11-16)23(24,25)26/h5-7,10-12,18,30H,3-4,8-9,13H2,1-2H3,(H,27,28,29). The van der Waals surface area contributed by atoms with E-state index in [9.17, 15) is 13.2 Å². The molecule has 2 N–H and O–H groups in total. The lowest BCUT2D eigenvalue weighted by Gasteiger charge is -2.18. The van der Waals surface area contributed by atoms with E-state index in [0.29, 0.717) is 23.2 Å². The molecule has 0 spiro atoms. The largest absolute Gasteiger partial charge is 0.416 e. The van der Waals surface area contributed by atoms with Crippen molar-refractivity contribution < 1.29 is 13.2 Å². The maximum absolute atomic E-state index is 13.0. The van der Waals surface area contributed by atoms with Gasteiger partial charge in [0.15, 0.2) is 0 Å². The van der Waals surface area contributed by atoms with Gasteiger partial charge >= 0.3 is 6.18 Å². The Balaban J connectivity index is 1.62. The van der Waals surface area contributed by atoms with Crippen LogP contribution in [-0.4, -0.2) is 16.0 Å². The van der Waals surface area contributed by atoms with Gasteiger partial charge in [-0.2, -0.15) is 13.2 Å². The molecule has 158 valence electrons. The van der Waals surface area contributed by atoms with E-state index in [1.165, 1.54) is 37.8 Å². The number of nitrogens with zero attached hydrogens (tertiary/aromatic N) is 2. The molecule has 0 radical (unpaired) electrons. The monoisotopic (exact) mass is 414 g/mol. The molecule has 0 unspecified atom stereocenters. The number of aromatic nitrogens is 2. The summed E-state index contributed by atoms with van der Waals surface area (Å²) in [5.41, 5.74) is 2.90. The first kappa shape index (κ1) is 20.4. The predicted octanol–water partition coefficient (Wildman–Crippen LogP) is 6.23. The van der Waals surface area contributed by atoms with E-state index < -0.39 is 11.7 Å². The Hall–Kier alpha value is -2.83. The van der Waals surface area contributed by atoms with Crippen LogP contribution in [0.1, 0.15) is 48.2 Å². The Labute approximate surface area is 173 Å². The number of anilines is 2. The summed E-state index contributed by atoms with van der Waals surface area (Å²) in [5.74, 6) is 1.24. The summed E-state index contributed by atoms with van der Waals surface area (Å²) in [6, 6.07) is 9.92. The van der Waals surface area contributed by atoms with E-state index in [4.69, 9.17) is 0 Å². The first-order chi connectivity index (χ1) is 14.3. The van der Waals surface area contributed by atoms with Gasteiger partial charge in [-0.3, -0.25) is 0 Å². The summed E-state index contributed by atoms with van der Waals surface area (Å²) in [7, 11) is 0. The summed E-state index contributed by atoms with van der Waals surface area (Å²) in [5, 5.41) is 7.71. The van der Waals surface area contributed by atoms with Gasteiger partial charge < -0.3 is 10.6 Å². The fourth-order valence-corrected chi connectivity index (χ4v) is 4.02. The zero-order valence-corrected chi connectivity index (χ0v) is 17.1. The Kier molecular flexibility index (Phi) is 5.54. The normalized spacial score (nSPS) is 15.0. The molecule has 1 heterocycles. The van der Waals surface area contributed by atoms with E-state index in [-0.39, 0.29) is 6.54 Å². The molecule has 0 aliphatic heterocycles. The highest BCUT2D eigenvalue weighted by atomic mass is 19.4. The second-order valence-electron chi connectivity index (χ2n) is 7.98. The minimum atomic E-state index is -4.35. The van der Waals surface area contributed by atoms with Crippen molar-refractivity contribution in [1.82, 2.24) is 9.97 Å². The molecule has 4 rings (SSSR count). The molecule has 0 bridgehead atoms. The summed E-state index contributed by atoms with van der Waals surface area (Å²) in [4.78, 5) is 9.06. The molecule has 7 heteroatoms. The van der Waals surface area contributed by atoms with Crippen molar-refractivity contribution in [3.05, 3.63) is 58.9 Å². The SMILES string of the molecule is Cc1nc(NCc2cccc(C(F)(F)F)c2)c2cc(NC3CCCC3)c(C)cc2n1. The third-order valence-electron chi connectivity index (χ3n) is 5.58. The number of aryl methyl sites for hydroxylation is 2. The number of hydrogen-bond acceptors (Lipinski definition) is 4. The van der Waals surface area contributed by atoms with Crippen LogP contribution in [0.3, 0.4) is 0 Å². The highest BCUT2D eigenvalue weighted by molar-refractivity contribution is 5.92. The molecule has 3 aromatic rings. The molecular formula is C23H25F3N4. The average molecular weight is 414 g/mol. The highest BCUT2D eigenvalue weighted by Gasteiger charge is 2.30. The molecule has 2 aromatic carbocycles. The topological polar surface area (TPSA) is 49.8 Å². The lowest BCUT2D eigenvalue weighted by atomic mass is 10.1. The van der Waals surface area contributed by atoms with Crippen molar-refractivity contribution in [3.63, 3.8) is 0 Å². The molecule has 1 aliphatic rings. The first-order valence-corrected chi connectivity index (χ1v) is 10.2. The van der Waals surface area contributed by atoms with E-state index >= 15 is 0 Å². The van der Waals surface area contributed by atoms with Gasteiger partial charge in [0.1, 0.15) is 11.6 Å². The van der Waals surface area contributed by atoms with Crippen LogP contribution in [0.15, 0.2) is 36.4 Å². The van der Waals surface area contributed by atoms with Crippen molar-refractivity contribution >= 4 is 22.4 Å². The van der Waals surface area contributed by atoms with Crippen molar-refractivity contribution in [3.8, 4) is 0 Å². The number of fused-ring (bicyclic) bond motifs is 1. The van der Waals surface area contributed by atoms with Gasteiger partial charge in [-0.1, -0.05) is 25.0 Å². The van der Waals surface area contributed by atoms with Crippen molar-refractivity contribution in [2.45, 2.75) is 58.3 Å². The smallest absolute Gasteiger partial charge is 0.382 e. The third kappa shape index (κ3) is 4.50. The van der Waals surface area contributed by atoms with Crippen molar-refractivity contribution in [1.29, 1.82) is 0 Å². The first-order valence-electron chi connectivity index (χ1n) is 10.2. The Bertz CT molecular complexity index is 1060. The van der Waals surface area contributed by atoms with Crippen molar-refractivity contribution in [2.75, 3.05) is 10.6 Å². The third-order valence-corrected chi connectivity index (χ3v) is 5.58. The molecule has 0 atom stereocenters. The number of benzene rings is 2. The lowest BCUT2D eigenvalue weighted by molar-refractivity contribution is -0.137. The Morgan fingerprint density at radius 3 is 2.53 bits per heavy atom. The van der Waals surface area contributed by atoms with Crippen LogP contribution < -0.4 is 10.6 Å². The minimum absolute atomic E-state index is 0.245. The predicted molar refractivity (Wildman–Crippen MR) is 114 cm³/mol. The highest BCUT2D eigenvalue weighted by Crippen LogP contribution is 2.31. The fraction of sp³-hybridized carbons (Fsp3) is 0.391. The zero-order valence-electron chi connectivity index (χ0n) is 17.1. The van der Waals surface area contributed by atoms with Gasteiger partial charge in [0.2, 0.25) is 0 Å². The number of halogens is 3. The van der Waals surface area contributed by atoms with Gasteiger partial charge in [0.25, 0.3) is 0 Å². The van der Waals surface area contributed by atoms with Crippen LogP contribution in [0.2, 0.25) is 0 Å². The minimum Gasteiger partial charge on any atom is -0.382 e. The van der Waals surface area contributed by atoms with Gasteiger partial charge in [0.05, 0.1) is 11.1 Å². The molecule has 4 nitrogen and oxygen atoms in total. The van der Waals surface area contributed by atoms with Crippen LogP contribution in [0.4, 0.5) is 24.7 Å². The van der Waals surface area contributed by atoms with Crippen LogP contribution >= 0.6 is 0 Å². The number of alkyl halides is 3. The molecule has 0 saturated heterocycles. The average Bonchev–Trinajstić information content (AvgIpc) is 3.20. The maximum Gasteiger partial charge on any atom is 0.416 e. The summed E-state index contributed by atoms with van der Waals surface area (Å²) in [6.45, 7) is 4.12. The van der Waals surface area contributed by atoms with Gasteiger partial charge in [-0.15, -0.1) is 0 Å². The van der Waals surface area contributed by atoms with Crippen LogP contribution in [0.5, 0.6) is 0 Å². The summed E-state index contributed by atoms with van der Waals surface area (Å²) < 4.78 is 39.0. The van der Waals surface area contributed by atoms with Crippen LogP contribution in [0.25, 0.3) is 10.9 Å². The second-order valence-corrected chi connectivity index (χ2v) is 7.98. The fourth-order valence-electron chi connectivity index (χ4n) is 4.02. The Morgan fingerprint density at radius 2 is 1.80 bits per heavy atom. The molecule has 1 aromatic heterocycles. The lowest BCUT2D eigenvalue weighted by Crippen LogP contribution is -2.15. The van der Waals surface area contributed by atoms with E-state index in [1.54, 1.807) is 6.07 Å². The molecule has 0 amide bonds. The summed E-state index contributed by atoms with van der Waals surface area (Å²) >= 11 is 0. The molecule has 1 aliphatic carbocycles. The quantitative estimate of drug-likeness (QED) is 0.519.